The molecule has 0 aromatic carbocycles. The van der Waals surface area contributed by atoms with Crippen molar-refractivity contribution in [3.63, 3.8) is 0 Å². The van der Waals surface area contributed by atoms with E-state index >= 15 is 0 Å². The zero-order valence-electron chi connectivity index (χ0n) is 16.0. The number of nitrogens with one attached hydrogen (secondary N) is 1. The van der Waals surface area contributed by atoms with Gasteiger partial charge in [-0.3, -0.25) is 4.79 Å². The monoisotopic (exact) mass is 346 g/mol. The minimum Gasteiger partial charge on any atom is -0.373 e. The van der Waals surface area contributed by atoms with Crippen LogP contribution in [0.2, 0.25) is 0 Å². The van der Waals surface area contributed by atoms with Gasteiger partial charge < -0.3 is 10.1 Å². The third-order valence-electron chi connectivity index (χ3n) is 6.60. The lowest BCUT2D eigenvalue weighted by atomic mass is 9.93. The van der Waals surface area contributed by atoms with Crippen LogP contribution in [0.4, 0.5) is 0 Å². The Labute approximate surface area is 149 Å². The average molecular weight is 346 g/mol. The van der Waals surface area contributed by atoms with Crippen LogP contribution in [0.15, 0.2) is 6.20 Å². The van der Waals surface area contributed by atoms with Gasteiger partial charge in [0.2, 0.25) is 5.91 Å². The van der Waals surface area contributed by atoms with Gasteiger partial charge in [-0.05, 0) is 39.5 Å². The van der Waals surface area contributed by atoms with E-state index in [1.54, 1.807) is 0 Å². The van der Waals surface area contributed by atoms with Crippen LogP contribution >= 0.6 is 0 Å². The lowest BCUT2D eigenvalue weighted by Gasteiger charge is -2.32. The van der Waals surface area contributed by atoms with Crippen LogP contribution < -0.4 is 5.32 Å². The van der Waals surface area contributed by atoms with E-state index in [-0.39, 0.29) is 34.4 Å². The average Bonchev–Trinajstić information content (AvgIpc) is 2.91. The fourth-order valence-corrected chi connectivity index (χ4v) is 4.57. The normalized spacial score (nSPS) is 36.3. The highest BCUT2D eigenvalue weighted by molar-refractivity contribution is 5.80. The predicted molar refractivity (Wildman–Crippen MR) is 94.1 cm³/mol. The zero-order valence-corrected chi connectivity index (χ0v) is 16.0. The maximum Gasteiger partial charge on any atom is 0.223 e. The van der Waals surface area contributed by atoms with Crippen LogP contribution in [0.5, 0.6) is 0 Å². The van der Waals surface area contributed by atoms with Crippen molar-refractivity contribution in [2.45, 2.75) is 82.9 Å². The molecule has 0 spiro atoms. The van der Waals surface area contributed by atoms with Crippen molar-refractivity contribution in [1.82, 2.24) is 20.3 Å². The van der Waals surface area contributed by atoms with E-state index in [0.717, 1.165) is 38.0 Å². The Balaban J connectivity index is 1.40. The molecule has 1 aromatic heterocycles. The van der Waals surface area contributed by atoms with E-state index < -0.39 is 0 Å². The molecule has 6 nitrogen and oxygen atoms in total. The first kappa shape index (κ1) is 17.0. The Morgan fingerprint density at radius 1 is 1.36 bits per heavy atom. The second kappa shape index (κ2) is 5.29. The molecule has 0 radical (unpaired) electrons. The van der Waals surface area contributed by atoms with Crippen molar-refractivity contribution < 1.29 is 9.53 Å². The Morgan fingerprint density at radius 3 is 2.68 bits per heavy atom. The maximum absolute atomic E-state index is 12.9. The van der Waals surface area contributed by atoms with E-state index in [1.807, 2.05) is 4.68 Å². The largest absolute Gasteiger partial charge is 0.373 e. The van der Waals surface area contributed by atoms with Crippen molar-refractivity contribution in [1.29, 1.82) is 0 Å². The highest BCUT2D eigenvalue weighted by Gasteiger charge is 2.69. The van der Waals surface area contributed by atoms with Gasteiger partial charge in [-0.2, -0.15) is 0 Å². The van der Waals surface area contributed by atoms with E-state index in [9.17, 15) is 4.79 Å². The summed E-state index contributed by atoms with van der Waals surface area (Å²) < 4.78 is 7.82. The first-order valence-electron chi connectivity index (χ1n) is 9.51. The molecule has 2 heterocycles. The summed E-state index contributed by atoms with van der Waals surface area (Å²) in [7, 11) is 0. The third kappa shape index (κ3) is 2.69. The van der Waals surface area contributed by atoms with E-state index in [1.165, 1.54) is 0 Å². The van der Waals surface area contributed by atoms with E-state index in [0.29, 0.717) is 5.92 Å². The van der Waals surface area contributed by atoms with Gasteiger partial charge in [-0.25, -0.2) is 4.68 Å². The first-order valence-corrected chi connectivity index (χ1v) is 9.51. The molecule has 4 atom stereocenters. The number of fused-ring (bicyclic) bond motifs is 1. The topological polar surface area (TPSA) is 69.0 Å². The molecule has 1 aliphatic heterocycles. The van der Waals surface area contributed by atoms with Gasteiger partial charge in [0, 0.05) is 23.4 Å². The number of aromatic nitrogens is 3. The number of amides is 1. The Kier molecular flexibility index (Phi) is 3.60. The van der Waals surface area contributed by atoms with Crippen molar-refractivity contribution in [2.24, 2.45) is 11.8 Å². The van der Waals surface area contributed by atoms with Gasteiger partial charge in [0.15, 0.2) is 0 Å². The summed E-state index contributed by atoms with van der Waals surface area (Å²) in [5.41, 5.74) is 0.625. The number of nitrogens with zero attached hydrogens (tertiary/aromatic N) is 3. The SMILES string of the molecule is CC(C)(C)c1cn(C2CCC(C(=O)NC34CC3COC4(C)C)C2)nn1. The number of ether oxygens (including phenoxy) is 1. The standard InChI is InChI=1S/C19H30N4O2/c1-17(2,3)15-10-23(22-21-15)14-7-6-12(8-14)16(24)20-19-9-13(19)11-25-18(19,4)5/h10,12-14H,6-9,11H2,1-5H3,(H,20,24). The van der Waals surface area contributed by atoms with Gasteiger partial charge in [0.05, 0.1) is 29.5 Å². The number of rotatable bonds is 3. The number of hydrogen-bond donors (Lipinski definition) is 1. The van der Waals surface area contributed by atoms with Crippen LogP contribution in [0, 0.1) is 11.8 Å². The molecule has 1 N–H and O–H groups in total. The second-order valence-corrected chi connectivity index (χ2v) is 9.68. The molecule has 1 amide bonds. The highest BCUT2D eigenvalue weighted by atomic mass is 16.5. The zero-order chi connectivity index (χ0) is 18.0. The second-order valence-electron chi connectivity index (χ2n) is 9.68. The number of carbonyl (C=O) groups excluding carboxylic acids is 1. The fourth-order valence-electron chi connectivity index (χ4n) is 4.57. The summed E-state index contributed by atoms with van der Waals surface area (Å²) in [5.74, 6) is 0.757. The molecule has 1 saturated heterocycles. The molecule has 3 fully saturated rings. The van der Waals surface area contributed by atoms with Crippen LogP contribution in [0.25, 0.3) is 0 Å². The summed E-state index contributed by atoms with van der Waals surface area (Å²) >= 11 is 0. The molecule has 25 heavy (non-hydrogen) atoms. The summed E-state index contributed by atoms with van der Waals surface area (Å²) in [4.78, 5) is 12.9. The first-order chi connectivity index (χ1) is 11.6. The van der Waals surface area contributed by atoms with Gasteiger partial charge in [-0.15, -0.1) is 5.10 Å². The summed E-state index contributed by atoms with van der Waals surface area (Å²) in [5, 5.41) is 12.0. The van der Waals surface area contributed by atoms with Gasteiger partial charge >= 0.3 is 0 Å². The molecule has 0 bridgehead atoms. The molecule has 2 saturated carbocycles. The quantitative estimate of drug-likeness (QED) is 0.913. The maximum atomic E-state index is 12.9. The Hall–Kier alpha value is -1.43. The van der Waals surface area contributed by atoms with Crippen LogP contribution in [-0.2, 0) is 14.9 Å². The number of hydrogen-bond acceptors (Lipinski definition) is 4. The lowest BCUT2D eigenvalue weighted by molar-refractivity contribution is -0.127. The van der Waals surface area contributed by atoms with Crippen molar-refractivity contribution in [3.05, 3.63) is 11.9 Å². The lowest BCUT2D eigenvalue weighted by Crippen LogP contribution is -2.52. The Bertz CT molecular complexity index is 690. The molecular formula is C19H30N4O2. The van der Waals surface area contributed by atoms with Crippen LogP contribution in [0.1, 0.15) is 72.0 Å². The highest BCUT2D eigenvalue weighted by Crippen LogP contribution is 2.58. The molecule has 4 rings (SSSR count). The molecule has 1 aromatic rings. The molecule has 3 aliphatic rings. The smallest absolute Gasteiger partial charge is 0.223 e. The van der Waals surface area contributed by atoms with Gasteiger partial charge in [0.25, 0.3) is 0 Å². The Morgan fingerprint density at radius 2 is 2.12 bits per heavy atom. The third-order valence-corrected chi connectivity index (χ3v) is 6.60. The summed E-state index contributed by atoms with van der Waals surface area (Å²) in [6, 6.07) is 0.277. The van der Waals surface area contributed by atoms with Crippen molar-refractivity contribution >= 4 is 5.91 Å². The molecule has 138 valence electrons. The van der Waals surface area contributed by atoms with E-state index in [2.05, 4.69) is 56.4 Å². The molecular weight excluding hydrogens is 316 g/mol. The minimum absolute atomic E-state index is 0.00182. The van der Waals surface area contributed by atoms with Crippen molar-refractivity contribution in [3.8, 4) is 0 Å². The van der Waals surface area contributed by atoms with Crippen molar-refractivity contribution in [2.75, 3.05) is 6.61 Å². The number of carbonyl (C=O) groups is 1. The predicted octanol–water partition coefficient (Wildman–Crippen LogP) is 2.60. The fraction of sp³-hybridized carbons (Fsp3) is 0.842. The molecule has 4 unspecified atom stereocenters. The summed E-state index contributed by atoms with van der Waals surface area (Å²) in [6.45, 7) is 11.4. The minimum atomic E-state index is -0.251. The van der Waals surface area contributed by atoms with Gasteiger partial charge in [-0.1, -0.05) is 26.0 Å². The van der Waals surface area contributed by atoms with Crippen LogP contribution in [0.3, 0.4) is 0 Å². The summed E-state index contributed by atoms with van der Waals surface area (Å²) in [6.07, 6.45) is 5.86. The van der Waals surface area contributed by atoms with Gasteiger partial charge in [0.1, 0.15) is 0 Å². The van der Waals surface area contributed by atoms with E-state index in [4.69, 9.17) is 4.74 Å². The molecule has 2 aliphatic carbocycles. The van der Waals surface area contributed by atoms with Crippen LogP contribution in [-0.4, -0.2) is 38.6 Å². The molecule has 6 heteroatoms.